The van der Waals surface area contributed by atoms with E-state index in [1.165, 1.54) is 4.70 Å². The van der Waals surface area contributed by atoms with Gasteiger partial charge in [0.25, 0.3) is 0 Å². The van der Waals surface area contributed by atoms with Gasteiger partial charge in [0, 0.05) is 6.54 Å². The van der Waals surface area contributed by atoms with Crippen molar-refractivity contribution in [3.8, 4) is 0 Å². The molecule has 6 nitrogen and oxygen atoms in total. The molecule has 0 bridgehead atoms. The molecule has 2 aromatic carbocycles. The van der Waals surface area contributed by atoms with Gasteiger partial charge in [-0.3, -0.25) is 4.79 Å². The molecule has 7 heteroatoms. The van der Waals surface area contributed by atoms with E-state index in [9.17, 15) is 4.79 Å². The molecule has 5 rings (SSSR count). The van der Waals surface area contributed by atoms with Crippen molar-refractivity contribution in [2.75, 3.05) is 6.54 Å². The summed E-state index contributed by atoms with van der Waals surface area (Å²) < 4.78 is 2.87. The predicted octanol–water partition coefficient (Wildman–Crippen LogP) is 3.79. The number of benzene rings is 2. The van der Waals surface area contributed by atoms with Crippen LogP contribution in [-0.2, 0) is 11.3 Å². The maximum atomic E-state index is 13.1. The average molecular weight is 377 g/mol. The Bertz CT molecular complexity index is 1080. The second-order valence-corrected chi connectivity index (χ2v) is 7.92. The van der Waals surface area contributed by atoms with Gasteiger partial charge >= 0.3 is 0 Å². The molecule has 1 amide bonds. The molecule has 1 atom stereocenters. The average Bonchev–Trinajstić information content (AvgIpc) is 3.32. The Morgan fingerprint density at radius 2 is 1.89 bits per heavy atom. The zero-order valence-electron chi connectivity index (χ0n) is 14.8. The summed E-state index contributed by atoms with van der Waals surface area (Å²) >= 11 is 1.70. The lowest BCUT2D eigenvalue weighted by Crippen LogP contribution is -2.40. The number of piperidine rings is 1. The molecule has 1 unspecified atom stereocenters. The van der Waals surface area contributed by atoms with Gasteiger partial charge in [-0.05, 0) is 43.5 Å². The first kappa shape index (κ1) is 16.4. The van der Waals surface area contributed by atoms with Crippen LogP contribution < -0.4 is 0 Å². The van der Waals surface area contributed by atoms with E-state index in [1.807, 2.05) is 47.4 Å². The van der Waals surface area contributed by atoms with Gasteiger partial charge in [-0.1, -0.05) is 29.5 Å². The summed E-state index contributed by atoms with van der Waals surface area (Å²) in [5.41, 5.74) is 2.71. The fourth-order valence-electron chi connectivity index (χ4n) is 3.77. The Kier molecular flexibility index (Phi) is 4.09. The number of fused-ring (bicyclic) bond motifs is 2. The monoisotopic (exact) mass is 377 g/mol. The first-order chi connectivity index (χ1) is 13.3. The van der Waals surface area contributed by atoms with E-state index >= 15 is 0 Å². The number of aromatic nitrogens is 4. The van der Waals surface area contributed by atoms with Crippen LogP contribution in [0.3, 0.4) is 0 Å². The molecule has 1 saturated heterocycles. The standard InChI is InChI=1S/C20H19N5OS/c26-19(13-25-16-9-3-1-7-14(16)22-23-25)24-12-6-5-10-17(24)20-21-15-8-2-4-11-18(15)27-20/h1-4,7-9,11,17H,5-6,10,12-13H2. The topological polar surface area (TPSA) is 63.9 Å². The first-order valence-corrected chi connectivity index (χ1v) is 10.0. The molecule has 136 valence electrons. The number of rotatable bonds is 3. The normalized spacial score (nSPS) is 17.6. The Morgan fingerprint density at radius 1 is 1.07 bits per heavy atom. The van der Waals surface area contributed by atoms with Crippen molar-refractivity contribution >= 4 is 38.5 Å². The number of thiazole rings is 1. The molecule has 0 radical (unpaired) electrons. The summed E-state index contributed by atoms with van der Waals surface area (Å²) in [5, 5.41) is 9.36. The largest absolute Gasteiger partial charge is 0.332 e. The number of carbonyl (C=O) groups excluding carboxylic acids is 1. The molecule has 4 aromatic rings. The molecule has 0 N–H and O–H groups in total. The van der Waals surface area contributed by atoms with Crippen LogP contribution in [0.2, 0.25) is 0 Å². The van der Waals surface area contributed by atoms with E-state index in [1.54, 1.807) is 16.0 Å². The van der Waals surface area contributed by atoms with Gasteiger partial charge in [-0.25, -0.2) is 9.67 Å². The second-order valence-electron chi connectivity index (χ2n) is 6.85. The number of para-hydroxylation sites is 2. The van der Waals surface area contributed by atoms with Gasteiger partial charge in [0.05, 0.1) is 21.8 Å². The molecular weight excluding hydrogens is 358 g/mol. The van der Waals surface area contributed by atoms with Gasteiger partial charge in [0.15, 0.2) is 0 Å². The number of amides is 1. The fourth-order valence-corrected chi connectivity index (χ4v) is 4.89. The van der Waals surface area contributed by atoms with Crippen LogP contribution in [0.25, 0.3) is 21.3 Å². The summed E-state index contributed by atoms with van der Waals surface area (Å²) in [6.45, 7) is 0.980. The van der Waals surface area contributed by atoms with Crippen molar-refractivity contribution in [2.45, 2.75) is 31.8 Å². The first-order valence-electron chi connectivity index (χ1n) is 9.23. The van der Waals surface area contributed by atoms with Crippen molar-refractivity contribution in [3.63, 3.8) is 0 Å². The van der Waals surface area contributed by atoms with E-state index < -0.39 is 0 Å². The van der Waals surface area contributed by atoms with Crippen LogP contribution >= 0.6 is 11.3 Å². The molecule has 2 aromatic heterocycles. The zero-order valence-corrected chi connectivity index (χ0v) is 15.6. The smallest absolute Gasteiger partial charge is 0.244 e. The molecule has 27 heavy (non-hydrogen) atoms. The minimum Gasteiger partial charge on any atom is -0.332 e. The number of hydrogen-bond donors (Lipinski definition) is 0. The van der Waals surface area contributed by atoms with E-state index in [0.717, 1.165) is 47.4 Å². The van der Waals surface area contributed by atoms with Crippen LogP contribution in [0.15, 0.2) is 48.5 Å². The highest BCUT2D eigenvalue weighted by Gasteiger charge is 2.30. The molecule has 1 aliphatic rings. The number of nitrogens with zero attached hydrogens (tertiary/aromatic N) is 5. The Hall–Kier alpha value is -2.80. The summed E-state index contributed by atoms with van der Waals surface area (Å²) in [7, 11) is 0. The quantitative estimate of drug-likeness (QED) is 0.545. The Labute approximate surface area is 160 Å². The molecule has 1 fully saturated rings. The van der Waals surface area contributed by atoms with Gasteiger partial charge < -0.3 is 4.90 Å². The van der Waals surface area contributed by atoms with Gasteiger partial charge in [-0.15, -0.1) is 16.4 Å². The lowest BCUT2D eigenvalue weighted by atomic mass is 10.0. The zero-order chi connectivity index (χ0) is 18.2. The highest BCUT2D eigenvalue weighted by atomic mass is 32.1. The van der Waals surface area contributed by atoms with Gasteiger partial charge in [0.2, 0.25) is 5.91 Å². The molecule has 3 heterocycles. The number of likely N-dealkylation sites (tertiary alicyclic amines) is 1. The summed E-state index contributed by atoms with van der Waals surface area (Å²) in [6, 6.07) is 15.9. The van der Waals surface area contributed by atoms with Crippen LogP contribution in [-0.4, -0.2) is 37.3 Å². The van der Waals surface area contributed by atoms with E-state index in [-0.39, 0.29) is 18.5 Å². The SMILES string of the molecule is O=C(Cn1nnc2ccccc21)N1CCCCC1c1nc2ccccc2s1. The Balaban J connectivity index is 1.43. The maximum absolute atomic E-state index is 13.1. The third kappa shape index (κ3) is 2.98. The third-order valence-electron chi connectivity index (χ3n) is 5.12. The molecule has 1 aliphatic heterocycles. The van der Waals surface area contributed by atoms with Crippen molar-refractivity contribution < 1.29 is 4.79 Å². The maximum Gasteiger partial charge on any atom is 0.244 e. The van der Waals surface area contributed by atoms with Crippen molar-refractivity contribution in [3.05, 3.63) is 53.5 Å². The fraction of sp³-hybridized carbons (Fsp3) is 0.300. The second kappa shape index (κ2) is 6.74. The van der Waals surface area contributed by atoms with Crippen LogP contribution in [0, 0.1) is 0 Å². The van der Waals surface area contributed by atoms with E-state index in [4.69, 9.17) is 4.98 Å². The predicted molar refractivity (Wildman–Crippen MR) is 105 cm³/mol. The number of carbonyl (C=O) groups is 1. The van der Waals surface area contributed by atoms with E-state index in [2.05, 4.69) is 16.4 Å². The van der Waals surface area contributed by atoms with Crippen LogP contribution in [0.4, 0.5) is 0 Å². The van der Waals surface area contributed by atoms with Gasteiger partial charge in [0.1, 0.15) is 17.1 Å². The van der Waals surface area contributed by atoms with E-state index in [0.29, 0.717) is 0 Å². The minimum atomic E-state index is 0.0541. The molecule has 0 saturated carbocycles. The summed E-state index contributed by atoms with van der Waals surface area (Å²) in [6.07, 6.45) is 3.12. The van der Waals surface area contributed by atoms with Crippen molar-refractivity contribution in [1.29, 1.82) is 0 Å². The molecule has 0 aliphatic carbocycles. The lowest BCUT2D eigenvalue weighted by Gasteiger charge is -2.34. The van der Waals surface area contributed by atoms with Crippen molar-refractivity contribution in [2.24, 2.45) is 0 Å². The third-order valence-corrected chi connectivity index (χ3v) is 6.26. The van der Waals surface area contributed by atoms with Crippen LogP contribution in [0.5, 0.6) is 0 Å². The summed E-state index contributed by atoms with van der Waals surface area (Å²) in [5.74, 6) is 0.0783. The molecular formula is C20H19N5OS. The lowest BCUT2D eigenvalue weighted by molar-refractivity contribution is -0.135. The minimum absolute atomic E-state index is 0.0541. The number of hydrogen-bond acceptors (Lipinski definition) is 5. The molecule has 0 spiro atoms. The highest BCUT2D eigenvalue weighted by molar-refractivity contribution is 7.18. The Morgan fingerprint density at radius 3 is 2.78 bits per heavy atom. The highest BCUT2D eigenvalue weighted by Crippen LogP contribution is 2.35. The van der Waals surface area contributed by atoms with Gasteiger partial charge in [-0.2, -0.15) is 0 Å². The summed E-state index contributed by atoms with van der Waals surface area (Å²) in [4.78, 5) is 19.9. The van der Waals surface area contributed by atoms with Crippen LogP contribution in [0.1, 0.15) is 30.3 Å². The van der Waals surface area contributed by atoms with Crippen molar-refractivity contribution in [1.82, 2.24) is 24.9 Å².